The highest BCUT2D eigenvalue weighted by molar-refractivity contribution is 5.49. The number of aromatic nitrogens is 3. The van der Waals surface area contributed by atoms with Crippen LogP contribution in [0.1, 0.15) is 24.8 Å². The Hall–Kier alpha value is -1.75. The summed E-state index contributed by atoms with van der Waals surface area (Å²) in [6.07, 6.45) is 5.67. The Labute approximate surface area is 92.9 Å². The first kappa shape index (κ1) is 9.47. The second-order valence-corrected chi connectivity index (χ2v) is 3.84. The average molecular weight is 216 g/mol. The van der Waals surface area contributed by atoms with Gasteiger partial charge in [-0.25, -0.2) is 0 Å². The minimum absolute atomic E-state index is 0.220. The van der Waals surface area contributed by atoms with Gasteiger partial charge < -0.3 is 9.73 Å². The monoisotopic (exact) mass is 216 g/mol. The van der Waals surface area contributed by atoms with Crippen molar-refractivity contribution in [3.8, 4) is 11.5 Å². The maximum absolute atomic E-state index is 5.63. The van der Waals surface area contributed by atoms with Crippen molar-refractivity contribution >= 4 is 0 Å². The molecule has 5 nitrogen and oxygen atoms in total. The lowest BCUT2D eigenvalue weighted by Gasteiger charge is -2.02. The van der Waals surface area contributed by atoms with Crippen LogP contribution >= 0.6 is 0 Å². The van der Waals surface area contributed by atoms with Crippen molar-refractivity contribution in [2.24, 2.45) is 0 Å². The fraction of sp³-hybridized carbons (Fsp3) is 0.364. The number of nitrogens with zero attached hydrogens (tertiary/aromatic N) is 3. The standard InChI is InChI=1S/C11H12N4O/c1-3-8(7-12-5-1)10-14-15-11(16-10)9-4-2-6-13-9/h1,3,5,7,9,13H,2,4,6H2/t9-/m0/s1. The van der Waals surface area contributed by atoms with Crippen LogP contribution in [0.5, 0.6) is 0 Å². The summed E-state index contributed by atoms with van der Waals surface area (Å²) in [6, 6.07) is 3.98. The average Bonchev–Trinajstić information content (AvgIpc) is 3.01. The molecule has 0 unspecified atom stereocenters. The van der Waals surface area contributed by atoms with E-state index in [1.165, 1.54) is 0 Å². The minimum Gasteiger partial charge on any atom is -0.419 e. The van der Waals surface area contributed by atoms with Gasteiger partial charge in [0.1, 0.15) is 0 Å². The minimum atomic E-state index is 0.220. The van der Waals surface area contributed by atoms with E-state index < -0.39 is 0 Å². The Balaban J connectivity index is 1.87. The molecule has 0 amide bonds. The van der Waals surface area contributed by atoms with Gasteiger partial charge in [-0.2, -0.15) is 0 Å². The molecule has 0 radical (unpaired) electrons. The SMILES string of the molecule is c1cncc(-c2nnc([C@@H]3CCCN3)o2)c1. The summed E-state index contributed by atoms with van der Waals surface area (Å²) in [7, 11) is 0. The lowest BCUT2D eigenvalue weighted by molar-refractivity contribution is 0.437. The fourth-order valence-electron chi connectivity index (χ4n) is 1.88. The molecule has 1 atom stereocenters. The van der Waals surface area contributed by atoms with Gasteiger partial charge in [-0.15, -0.1) is 10.2 Å². The highest BCUT2D eigenvalue weighted by Crippen LogP contribution is 2.24. The topological polar surface area (TPSA) is 63.8 Å². The summed E-state index contributed by atoms with van der Waals surface area (Å²) in [5, 5.41) is 11.4. The highest BCUT2D eigenvalue weighted by Gasteiger charge is 2.22. The van der Waals surface area contributed by atoms with Crippen molar-refractivity contribution in [1.82, 2.24) is 20.5 Å². The molecule has 2 aromatic heterocycles. The maximum Gasteiger partial charge on any atom is 0.249 e. The largest absolute Gasteiger partial charge is 0.419 e. The zero-order valence-corrected chi connectivity index (χ0v) is 8.76. The molecule has 3 rings (SSSR count). The Morgan fingerprint density at radius 2 is 2.38 bits per heavy atom. The van der Waals surface area contributed by atoms with Gasteiger partial charge >= 0.3 is 0 Å². The number of nitrogens with one attached hydrogen (secondary N) is 1. The molecular weight excluding hydrogens is 204 g/mol. The molecule has 0 aromatic carbocycles. The van der Waals surface area contributed by atoms with Crippen LogP contribution in [0.2, 0.25) is 0 Å². The predicted octanol–water partition coefficient (Wildman–Crippen LogP) is 1.56. The van der Waals surface area contributed by atoms with E-state index >= 15 is 0 Å². The molecule has 82 valence electrons. The lowest BCUT2D eigenvalue weighted by atomic mass is 10.2. The van der Waals surface area contributed by atoms with Crippen molar-refractivity contribution in [3.05, 3.63) is 30.4 Å². The van der Waals surface area contributed by atoms with Crippen LogP contribution in [0, 0.1) is 0 Å². The van der Waals surface area contributed by atoms with Gasteiger partial charge in [0, 0.05) is 12.4 Å². The quantitative estimate of drug-likeness (QED) is 0.825. The number of rotatable bonds is 2. The van der Waals surface area contributed by atoms with Gasteiger partial charge in [0.15, 0.2) is 0 Å². The smallest absolute Gasteiger partial charge is 0.249 e. The molecule has 2 aromatic rings. The molecule has 0 saturated carbocycles. The number of pyridine rings is 1. The second-order valence-electron chi connectivity index (χ2n) is 3.84. The summed E-state index contributed by atoms with van der Waals surface area (Å²) in [4.78, 5) is 4.02. The maximum atomic E-state index is 5.63. The van der Waals surface area contributed by atoms with Gasteiger partial charge in [0.25, 0.3) is 0 Å². The van der Waals surface area contributed by atoms with E-state index in [9.17, 15) is 0 Å². The molecule has 3 heterocycles. The summed E-state index contributed by atoms with van der Waals surface area (Å²) in [6.45, 7) is 1.02. The predicted molar refractivity (Wildman–Crippen MR) is 57.5 cm³/mol. The summed E-state index contributed by atoms with van der Waals surface area (Å²) < 4.78 is 5.63. The summed E-state index contributed by atoms with van der Waals surface area (Å²) in [5.41, 5.74) is 0.860. The van der Waals surface area contributed by atoms with E-state index in [0.29, 0.717) is 11.8 Å². The van der Waals surface area contributed by atoms with Crippen LogP contribution in [0.3, 0.4) is 0 Å². The number of hydrogen-bond acceptors (Lipinski definition) is 5. The van der Waals surface area contributed by atoms with E-state index in [0.717, 1.165) is 24.9 Å². The van der Waals surface area contributed by atoms with E-state index in [1.807, 2.05) is 12.1 Å². The van der Waals surface area contributed by atoms with E-state index in [2.05, 4.69) is 20.5 Å². The van der Waals surface area contributed by atoms with Crippen molar-refractivity contribution in [3.63, 3.8) is 0 Å². The molecule has 0 aliphatic carbocycles. The first-order valence-electron chi connectivity index (χ1n) is 5.41. The molecule has 16 heavy (non-hydrogen) atoms. The first-order valence-corrected chi connectivity index (χ1v) is 5.41. The normalized spacial score (nSPS) is 20.1. The third-order valence-corrected chi connectivity index (χ3v) is 2.71. The number of hydrogen-bond donors (Lipinski definition) is 1. The highest BCUT2D eigenvalue weighted by atomic mass is 16.4. The fourth-order valence-corrected chi connectivity index (χ4v) is 1.88. The van der Waals surface area contributed by atoms with Crippen LogP contribution in [0.15, 0.2) is 28.9 Å². The molecular formula is C11H12N4O. The van der Waals surface area contributed by atoms with Gasteiger partial charge in [-0.1, -0.05) is 0 Å². The summed E-state index contributed by atoms with van der Waals surface area (Å²) >= 11 is 0. The molecule has 0 spiro atoms. The van der Waals surface area contributed by atoms with Gasteiger partial charge in [-0.3, -0.25) is 4.98 Å². The van der Waals surface area contributed by atoms with Gasteiger partial charge in [-0.05, 0) is 31.5 Å². The van der Waals surface area contributed by atoms with Crippen LogP contribution in [-0.2, 0) is 0 Å². The van der Waals surface area contributed by atoms with E-state index in [1.54, 1.807) is 12.4 Å². The van der Waals surface area contributed by atoms with Crippen molar-refractivity contribution in [2.45, 2.75) is 18.9 Å². The Kier molecular flexibility index (Phi) is 2.38. The summed E-state index contributed by atoms with van der Waals surface area (Å²) in [5.74, 6) is 1.22. The van der Waals surface area contributed by atoms with Crippen molar-refractivity contribution < 1.29 is 4.42 Å². The molecule has 1 fully saturated rings. The van der Waals surface area contributed by atoms with Crippen LogP contribution in [0.4, 0.5) is 0 Å². The zero-order valence-electron chi connectivity index (χ0n) is 8.76. The third-order valence-electron chi connectivity index (χ3n) is 2.71. The zero-order chi connectivity index (χ0) is 10.8. The second kappa shape index (κ2) is 4.02. The molecule has 1 aliphatic rings. The van der Waals surface area contributed by atoms with Gasteiger partial charge in [0.2, 0.25) is 11.8 Å². The first-order chi connectivity index (χ1) is 7.93. The van der Waals surface area contributed by atoms with Crippen molar-refractivity contribution in [1.29, 1.82) is 0 Å². The Bertz CT molecular complexity index is 462. The van der Waals surface area contributed by atoms with E-state index in [-0.39, 0.29) is 6.04 Å². The van der Waals surface area contributed by atoms with Gasteiger partial charge in [0.05, 0.1) is 11.6 Å². The van der Waals surface area contributed by atoms with Crippen LogP contribution < -0.4 is 5.32 Å². The Morgan fingerprint density at radius 3 is 3.12 bits per heavy atom. The van der Waals surface area contributed by atoms with Crippen LogP contribution in [0.25, 0.3) is 11.5 Å². The van der Waals surface area contributed by atoms with Crippen LogP contribution in [-0.4, -0.2) is 21.7 Å². The molecule has 0 bridgehead atoms. The lowest BCUT2D eigenvalue weighted by Crippen LogP contribution is -2.12. The molecule has 1 aliphatic heterocycles. The molecule has 5 heteroatoms. The Morgan fingerprint density at radius 1 is 1.38 bits per heavy atom. The van der Waals surface area contributed by atoms with E-state index in [4.69, 9.17) is 4.42 Å². The third kappa shape index (κ3) is 1.69. The molecule has 1 N–H and O–H groups in total. The van der Waals surface area contributed by atoms with Crippen molar-refractivity contribution in [2.75, 3.05) is 6.54 Å². The molecule has 1 saturated heterocycles.